The van der Waals surface area contributed by atoms with Crippen molar-refractivity contribution in [1.82, 2.24) is 0 Å². The summed E-state index contributed by atoms with van der Waals surface area (Å²) in [4.78, 5) is 11.5. The Morgan fingerprint density at radius 3 is 2.65 bits per heavy atom. The molecule has 0 unspecified atom stereocenters. The second-order valence-electron chi connectivity index (χ2n) is 5.02. The number of nitrogens with one attached hydrogen (secondary N) is 1. The molecule has 2 rings (SSSR count). The Balaban J connectivity index is 1.91. The summed E-state index contributed by atoms with van der Waals surface area (Å²) in [6.45, 7) is 0. The van der Waals surface area contributed by atoms with E-state index in [-0.39, 0.29) is 11.9 Å². The monoisotopic (exact) mass is 292 g/mol. The first-order chi connectivity index (χ1) is 9.63. The van der Waals surface area contributed by atoms with Gasteiger partial charge in [-0.15, -0.1) is 0 Å². The van der Waals surface area contributed by atoms with Crippen LogP contribution >= 0.6 is 11.6 Å². The highest BCUT2D eigenvalue weighted by Gasteiger charge is 2.26. The maximum Gasteiger partial charge on any atom is 0.308 e. The molecule has 0 radical (unpaired) electrons. The van der Waals surface area contributed by atoms with Crippen molar-refractivity contribution < 1.29 is 9.53 Å². The minimum atomic E-state index is -0.107. The fourth-order valence-corrected chi connectivity index (χ4v) is 2.79. The molecule has 0 atom stereocenters. The third kappa shape index (κ3) is 3.43. The van der Waals surface area contributed by atoms with Crippen LogP contribution in [-0.4, -0.2) is 19.1 Å². The van der Waals surface area contributed by atoms with Crippen LogP contribution in [0.5, 0.6) is 0 Å². The molecule has 0 heterocycles. The van der Waals surface area contributed by atoms with Crippen molar-refractivity contribution in [2.75, 3.05) is 12.4 Å². The Bertz CT molecular complexity index is 531. The van der Waals surface area contributed by atoms with Crippen molar-refractivity contribution in [2.45, 2.75) is 31.7 Å². The van der Waals surface area contributed by atoms with Crippen molar-refractivity contribution in [1.29, 1.82) is 5.26 Å². The highest BCUT2D eigenvalue weighted by molar-refractivity contribution is 6.32. The molecule has 0 saturated heterocycles. The van der Waals surface area contributed by atoms with Crippen molar-refractivity contribution in [3.05, 3.63) is 28.8 Å². The minimum Gasteiger partial charge on any atom is -0.469 e. The third-order valence-corrected chi connectivity index (χ3v) is 4.03. The van der Waals surface area contributed by atoms with Crippen LogP contribution in [-0.2, 0) is 9.53 Å². The van der Waals surface area contributed by atoms with Crippen LogP contribution in [0.3, 0.4) is 0 Å². The van der Waals surface area contributed by atoms with Crippen LogP contribution in [0.25, 0.3) is 0 Å². The number of hydrogen-bond donors (Lipinski definition) is 1. The molecule has 1 N–H and O–H groups in total. The van der Waals surface area contributed by atoms with Gasteiger partial charge < -0.3 is 10.1 Å². The van der Waals surface area contributed by atoms with Gasteiger partial charge >= 0.3 is 5.97 Å². The van der Waals surface area contributed by atoms with E-state index in [0.717, 1.165) is 31.4 Å². The zero-order chi connectivity index (χ0) is 14.5. The first-order valence-electron chi connectivity index (χ1n) is 6.68. The van der Waals surface area contributed by atoms with E-state index in [9.17, 15) is 4.79 Å². The smallest absolute Gasteiger partial charge is 0.308 e. The Morgan fingerprint density at radius 1 is 1.40 bits per heavy atom. The van der Waals surface area contributed by atoms with Crippen LogP contribution < -0.4 is 5.32 Å². The summed E-state index contributed by atoms with van der Waals surface area (Å²) in [7, 11) is 1.44. The molecule has 5 heteroatoms. The number of rotatable bonds is 3. The number of carbonyl (C=O) groups excluding carboxylic acids is 1. The normalized spacial score (nSPS) is 21.9. The maximum absolute atomic E-state index is 11.5. The highest BCUT2D eigenvalue weighted by Crippen LogP contribution is 2.28. The molecule has 1 aliphatic carbocycles. The van der Waals surface area contributed by atoms with Gasteiger partial charge in [-0.25, -0.2) is 0 Å². The van der Waals surface area contributed by atoms with Gasteiger partial charge in [0.2, 0.25) is 0 Å². The van der Waals surface area contributed by atoms with E-state index in [2.05, 4.69) is 5.32 Å². The summed E-state index contributed by atoms with van der Waals surface area (Å²) in [5, 5.41) is 12.7. The lowest BCUT2D eigenvalue weighted by molar-refractivity contribution is -0.146. The number of hydrogen-bond acceptors (Lipinski definition) is 4. The Hall–Kier alpha value is -1.73. The molecule has 1 fully saturated rings. The second-order valence-corrected chi connectivity index (χ2v) is 5.43. The molecule has 20 heavy (non-hydrogen) atoms. The molecule has 0 aromatic heterocycles. The first kappa shape index (κ1) is 14.7. The fourth-order valence-electron chi connectivity index (χ4n) is 2.57. The lowest BCUT2D eigenvalue weighted by atomic mass is 9.86. The largest absolute Gasteiger partial charge is 0.469 e. The van der Waals surface area contributed by atoms with Gasteiger partial charge in [0.1, 0.15) is 6.07 Å². The number of benzene rings is 1. The van der Waals surface area contributed by atoms with Crippen molar-refractivity contribution >= 4 is 23.3 Å². The number of methoxy groups -OCH3 is 1. The topological polar surface area (TPSA) is 62.1 Å². The van der Waals surface area contributed by atoms with E-state index in [1.54, 1.807) is 12.1 Å². The molecule has 1 saturated carbocycles. The number of ether oxygens (including phenoxy) is 1. The number of nitriles is 1. The molecule has 106 valence electrons. The summed E-state index contributed by atoms with van der Waals surface area (Å²) in [5.41, 5.74) is 1.39. The molecular formula is C15H17ClN2O2. The Kier molecular flexibility index (Phi) is 4.86. The molecule has 1 aliphatic rings. The molecule has 0 bridgehead atoms. The predicted molar refractivity (Wildman–Crippen MR) is 77.6 cm³/mol. The van der Waals surface area contributed by atoms with Gasteiger partial charge in [0.25, 0.3) is 0 Å². The number of nitrogens with zero attached hydrogens (tertiary/aromatic N) is 1. The van der Waals surface area contributed by atoms with Gasteiger partial charge in [0.05, 0.1) is 23.6 Å². The summed E-state index contributed by atoms with van der Waals surface area (Å²) >= 11 is 6.01. The zero-order valence-electron chi connectivity index (χ0n) is 11.4. The predicted octanol–water partition coefficient (Wildman–Crippen LogP) is 3.36. The third-order valence-electron chi connectivity index (χ3n) is 3.72. The van der Waals surface area contributed by atoms with Gasteiger partial charge in [-0.1, -0.05) is 11.6 Å². The van der Waals surface area contributed by atoms with Crippen LogP contribution in [0, 0.1) is 17.2 Å². The molecule has 1 aromatic rings. The van der Waals surface area contributed by atoms with Gasteiger partial charge in [0, 0.05) is 11.7 Å². The van der Waals surface area contributed by atoms with E-state index in [1.807, 2.05) is 12.1 Å². The van der Waals surface area contributed by atoms with Gasteiger partial charge in [-0.05, 0) is 43.9 Å². The second kappa shape index (κ2) is 6.62. The lowest BCUT2D eigenvalue weighted by Gasteiger charge is -2.28. The summed E-state index contributed by atoms with van der Waals surface area (Å²) in [6, 6.07) is 7.71. The van der Waals surface area contributed by atoms with Crippen molar-refractivity contribution in [3.8, 4) is 6.07 Å². The summed E-state index contributed by atoms with van der Waals surface area (Å²) in [6.07, 6.45) is 3.54. The molecule has 0 amide bonds. The van der Waals surface area contributed by atoms with E-state index in [0.29, 0.717) is 16.6 Å². The van der Waals surface area contributed by atoms with Gasteiger partial charge in [-0.2, -0.15) is 5.26 Å². The molecule has 1 aromatic carbocycles. The fraction of sp³-hybridized carbons (Fsp3) is 0.467. The SMILES string of the molecule is COC(=O)C1CCC(Nc2ccc(C#N)c(Cl)c2)CC1. The number of halogens is 1. The van der Waals surface area contributed by atoms with E-state index in [4.69, 9.17) is 21.6 Å². The standard InChI is InChI=1S/C15H17ClN2O2/c1-20-15(19)10-2-5-12(6-3-10)18-13-7-4-11(9-17)14(16)8-13/h4,7-8,10,12,18H,2-3,5-6H2,1H3. The zero-order valence-corrected chi connectivity index (χ0v) is 12.1. The van der Waals surface area contributed by atoms with Crippen LogP contribution in [0.1, 0.15) is 31.2 Å². The van der Waals surface area contributed by atoms with E-state index in [1.165, 1.54) is 7.11 Å². The maximum atomic E-state index is 11.5. The number of esters is 1. The van der Waals surface area contributed by atoms with Gasteiger partial charge in [-0.3, -0.25) is 4.79 Å². The quantitative estimate of drug-likeness (QED) is 0.868. The molecule has 0 aliphatic heterocycles. The minimum absolute atomic E-state index is 0.0302. The van der Waals surface area contributed by atoms with Crippen LogP contribution in [0.4, 0.5) is 5.69 Å². The van der Waals surface area contributed by atoms with E-state index >= 15 is 0 Å². The van der Waals surface area contributed by atoms with Gasteiger partial charge in [0.15, 0.2) is 0 Å². The average Bonchev–Trinajstić information content (AvgIpc) is 2.47. The van der Waals surface area contributed by atoms with Crippen LogP contribution in [0.2, 0.25) is 5.02 Å². The van der Waals surface area contributed by atoms with Crippen LogP contribution in [0.15, 0.2) is 18.2 Å². The average molecular weight is 293 g/mol. The summed E-state index contributed by atoms with van der Waals surface area (Å²) < 4.78 is 4.78. The summed E-state index contributed by atoms with van der Waals surface area (Å²) in [5.74, 6) is -0.0764. The van der Waals surface area contributed by atoms with E-state index < -0.39 is 0 Å². The Morgan fingerprint density at radius 2 is 2.10 bits per heavy atom. The lowest BCUT2D eigenvalue weighted by Crippen LogP contribution is -2.29. The van der Waals surface area contributed by atoms with Crippen molar-refractivity contribution in [2.24, 2.45) is 5.92 Å². The van der Waals surface area contributed by atoms with Crippen molar-refractivity contribution in [3.63, 3.8) is 0 Å². The Labute approximate surface area is 123 Å². The highest BCUT2D eigenvalue weighted by atomic mass is 35.5. The molecule has 4 nitrogen and oxygen atoms in total. The molecule has 0 spiro atoms. The number of anilines is 1. The number of carbonyl (C=O) groups is 1. The molecular weight excluding hydrogens is 276 g/mol. The first-order valence-corrected chi connectivity index (χ1v) is 7.06.